The van der Waals surface area contributed by atoms with Gasteiger partial charge in [0.05, 0.1) is 0 Å². The molecule has 0 saturated carbocycles. The number of hydrogen-bond donors (Lipinski definition) is 1. The number of thiocarbonyl (C=S) groups is 1. The zero-order chi connectivity index (χ0) is 9.94. The third kappa shape index (κ3) is 12.2. The average molecular weight is 216 g/mol. The number of unbranched alkanes of at least 4 members (excludes halogenated alkanes) is 6. The molecule has 0 unspecified atom stereocenters. The molecular formula is C11H20S2. The standard InChI is InChI=1S/C11H20S2/c1-2-3-4-5-6-7-8-9-10-11(12)13/h2H,1,3-10H2,(H,12,13). The molecule has 0 rings (SSSR count). The van der Waals surface area contributed by atoms with Gasteiger partial charge in [-0.3, -0.25) is 0 Å². The predicted octanol–water partition coefficient (Wildman–Crippen LogP) is 4.55. The van der Waals surface area contributed by atoms with Gasteiger partial charge in [-0.05, 0) is 25.7 Å². The molecule has 0 fully saturated rings. The van der Waals surface area contributed by atoms with Crippen LogP contribution in [0.3, 0.4) is 0 Å². The Bertz CT molecular complexity index is 141. The first-order chi connectivity index (χ1) is 6.27. The van der Waals surface area contributed by atoms with Gasteiger partial charge in [-0.1, -0.05) is 44.0 Å². The van der Waals surface area contributed by atoms with Crippen molar-refractivity contribution in [1.82, 2.24) is 0 Å². The number of hydrogen-bond acceptors (Lipinski definition) is 1. The largest absolute Gasteiger partial charge is 0.136 e. The van der Waals surface area contributed by atoms with E-state index in [9.17, 15) is 0 Å². The maximum absolute atomic E-state index is 4.88. The van der Waals surface area contributed by atoms with Crippen molar-refractivity contribution in [3.05, 3.63) is 12.7 Å². The summed E-state index contributed by atoms with van der Waals surface area (Å²) in [5, 5.41) is 0. The molecule has 13 heavy (non-hydrogen) atoms. The summed E-state index contributed by atoms with van der Waals surface area (Å²) in [6.45, 7) is 3.70. The number of rotatable bonds is 9. The highest BCUT2D eigenvalue weighted by molar-refractivity contribution is 8.11. The molecule has 0 bridgehead atoms. The molecule has 0 N–H and O–H groups in total. The molecule has 0 spiro atoms. The highest BCUT2D eigenvalue weighted by Gasteiger charge is 1.92. The summed E-state index contributed by atoms with van der Waals surface area (Å²) in [6, 6.07) is 0. The van der Waals surface area contributed by atoms with Crippen LogP contribution in [0.5, 0.6) is 0 Å². The smallest absolute Gasteiger partial charge is 0.0448 e. The van der Waals surface area contributed by atoms with Gasteiger partial charge in [-0.15, -0.1) is 19.2 Å². The minimum atomic E-state index is 0.853. The van der Waals surface area contributed by atoms with E-state index in [1.54, 1.807) is 0 Å². The van der Waals surface area contributed by atoms with E-state index < -0.39 is 0 Å². The Balaban J connectivity index is 2.91. The van der Waals surface area contributed by atoms with Gasteiger partial charge in [0, 0.05) is 4.20 Å². The molecule has 76 valence electrons. The maximum Gasteiger partial charge on any atom is 0.0448 e. The van der Waals surface area contributed by atoms with Gasteiger partial charge < -0.3 is 0 Å². The summed E-state index contributed by atoms with van der Waals surface area (Å²) < 4.78 is 0.853. The Hall–Kier alpha value is 0.180. The summed E-state index contributed by atoms with van der Waals surface area (Å²) in [5.41, 5.74) is 0. The molecule has 0 saturated heterocycles. The SMILES string of the molecule is C=CCCCCCCCCC(=S)S. The monoisotopic (exact) mass is 216 g/mol. The number of thiol groups is 1. The fraction of sp³-hybridized carbons (Fsp3) is 0.727. The quantitative estimate of drug-likeness (QED) is 0.255. The average Bonchev–Trinajstić information content (AvgIpc) is 2.09. The molecule has 0 nitrogen and oxygen atoms in total. The van der Waals surface area contributed by atoms with Gasteiger partial charge in [0.1, 0.15) is 0 Å². The van der Waals surface area contributed by atoms with Crippen LogP contribution in [0.1, 0.15) is 51.4 Å². The van der Waals surface area contributed by atoms with E-state index in [-0.39, 0.29) is 0 Å². The fourth-order valence-corrected chi connectivity index (χ4v) is 1.57. The van der Waals surface area contributed by atoms with Crippen LogP contribution in [0, 0.1) is 0 Å². The first-order valence-corrected chi connectivity index (χ1v) is 5.95. The predicted molar refractivity (Wildman–Crippen MR) is 68.7 cm³/mol. The van der Waals surface area contributed by atoms with Crippen molar-refractivity contribution in [3.8, 4) is 0 Å². The molecule has 0 aliphatic heterocycles. The van der Waals surface area contributed by atoms with E-state index in [2.05, 4.69) is 19.2 Å². The van der Waals surface area contributed by atoms with Crippen molar-refractivity contribution in [3.63, 3.8) is 0 Å². The summed E-state index contributed by atoms with van der Waals surface area (Å²) in [7, 11) is 0. The first-order valence-electron chi connectivity index (χ1n) is 5.10. The molecular weight excluding hydrogens is 196 g/mol. The molecule has 0 amide bonds. The molecule has 0 atom stereocenters. The number of allylic oxidation sites excluding steroid dienone is 1. The van der Waals surface area contributed by atoms with Crippen molar-refractivity contribution in [1.29, 1.82) is 0 Å². The van der Waals surface area contributed by atoms with Crippen LogP contribution < -0.4 is 0 Å². The third-order valence-corrected chi connectivity index (χ3v) is 2.48. The van der Waals surface area contributed by atoms with E-state index in [1.807, 2.05) is 6.08 Å². The molecule has 0 aliphatic rings. The van der Waals surface area contributed by atoms with Crippen LogP contribution in [-0.4, -0.2) is 4.20 Å². The second-order valence-electron chi connectivity index (χ2n) is 3.34. The Labute approximate surface area is 93.2 Å². The Morgan fingerprint density at radius 1 is 1.08 bits per heavy atom. The van der Waals surface area contributed by atoms with Crippen LogP contribution in [0.2, 0.25) is 0 Å². The summed E-state index contributed by atoms with van der Waals surface area (Å²) in [6.07, 6.45) is 12.0. The van der Waals surface area contributed by atoms with Crippen molar-refractivity contribution < 1.29 is 0 Å². The van der Waals surface area contributed by atoms with Gasteiger partial charge in [-0.25, -0.2) is 0 Å². The molecule has 0 heterocycles. The molecule has 0 aromatic carbocycles. The van der Waals surface area contributed by atoms with Crippen LogP contribution in [0.25, 0.3) is 0 Å². The van der Waals surface area contributed by atoms with Crippen molar-refractivity contribution in [2.75, 3.05) is 0 Å². The van der Waals surface area contributed by atoms with Gasteiger partial charge in [0.15, 0.2) is 0 Å². The van der Waals surface area contributed by atoms with Gasteiger partial charge >= 0.3 is 0 Å². The second-order valence-corrected chi connectivity index (χ2v) is 4.68. The minimum absolute atomic E-state index is 0.853. The van der Waals surface area contributed by atoms with Crippen LogP contribution in [0.15, 0.2) is 12.7 Å². The molecule has 0 aliphatic carbocycles. The van der Waals surface area contributed by atoms with E-state index in [0.717, 1.165) is 10.6 Å². The summed E-state index contributed by atoms with van der Waals surface area (Å²) >= 11 is 8.97. The first kappa shape index (κ1) is 13.2. The van der Waals surface area contributed by atoms with Crippen molar-refractivity contribution in [2.45, 2.75) is 51.4 Å². The lowest BCUT2D eigenvalue weighted by Crippen LogP contribution is -1.84. The molecule has 0 aromatic rings. The summed E-state index contributed by atoms with van der Waals surface area (Å²) in [5.74, 6) is 0. The van der Waals surface area contributed by atoms with Gasteiger partial charge in [0.2, 0.25) is 0 Å². The van der Waals surface area contributed by atoms with Crippen LogP contribution in [-0.2, 0) is 0 Å². The topological polar surface area (TPSA) is 0 Å². The van der Waals surface area contributed by atoms with E-state index in [1.165, 1.54) is 44.9 Å². The maximum atomic E-state index is 4.88. The normalized spacial score (nSPS) is 9.92. The Kier molecular flexibility index (Phi) is 10.4. The van der Waals surface area contributed by atoms with Gasteiger partial charge in [-0.2, -0.15) is 0 Å². The van der Waals surface area contributed by atoms with E-state index in [4.69, 9.17) is 12.2 Å². The minimum Gasteiger partial charge on any atom is -0.136 e. The van der Waals surface area contributed by atoms with Crippen molar-refractivity contribution in [2.24, 2.45) is 0 Å². The van der Waals surface area contributed by atoms with Gasteiger partial charge in [0.25, 0.3) is 0 Å². The van der Waals surface area contributed by atoms with Crippen LogP contribution in [0.4, 0.5) is 0 Å². The van der Waals surface area contributed by atoms with Crippen LogP contribution >= 0.6 is 24.8 Å². The lowest BCUT2D eigenvalue weighted by molar-refractivity contribution is 0.605. The second kappa shape index (κ2) is 10.3. The molecule has 0 radical (unpaired) electrons. The lowest BCUT2D eigenvalue weighted by atomic mass is 10.1. The zero-order valence-electron chi connectivity index (χ0n) is 8.30. The zero-order valence-corrected chi connectivity index (χ0v) is 10.0. The van der Waals surface area contributed by atoms with E-state index >= 15 is 0 Å². The Morgan fingerprint density at radius 2 is 1.62 bits per heavy atom. The third-order valence-electron chi connectivity index (χ3n) is 2.05. The highest BCUT2D eigenvalue weighted by atomic mass is 32.1. The highest BCUT2D eigenvalue weighted by Crippen LogP contribution is 2.09. The van der Waals surface area contributed by atoms with E-state index in [0.29, 0.717) is 0 Å². The fourth-order valence-electron chi connectivity index (χ4n) is 1.27. The molecule has 2 heteroatoms. The Morgan fingerprint density at radius 3 is 2.15 bits per heavy atom. The van der Waals surface area contributed by atoms with Crippen molar-refractivity contribution >= 4 is 29.0 Å². The summed E-state index contributed by atoms with van der Waals surface area (Å²) in [4.78, 5) is 0. The lowest BCUT2D eigenvalue weighted by Gasteiger charge is -1.99. The molecule has 0 aromatic heterocycles.